The summed E-state index contributed by atoms with van der Waals surface area (Å²) in [6.45, 7) is 2.19. The number of nitrogens with two attached hydrogens (primary N) is 1. The molecule has 2 rings (SSSR count). The number of imidazole rings is 1. The van der Waals surface area contributed by atoms with E-state index in [2.05, 4.69) is 11.9 Å². The highest BCUT2D eigenvalue weighted by Crippen LogP contribution is 2.50. The summed E-state index contributed by atoms with van der Waals surface area (Å²) in [5, 5.41) is 0. The van der Waals surface area contributed by atoms with Crippen molar-refractivity contribution in [3.05, 3.63) is 18.2 Å². The van der Waals surface area contributed by atoms with Crippen LogP contribution in [-0.4, -0.2) is 9.55 Å². The van der Waals surface area contributed by atoms with Crippen LogP contribution in [0.2, 0.25) is 0 Å². The third-order valence-corrected chi connectivity index (χ3v) is 2.94. The number of aromatic nitrogens is 2. The van der Waals surface area contributed by atoms with E-state index in [4.69, 9.17) is 5.73 Å². The summed E-state index contributed by atoms with van der Waals surface area (Å²) in [6, 6.07) is 0. The van der Waals surface area contributed by atoms with Crippen molar-refractivity contribution in [1.82, 2.24) is 9.55 Å². The van der Waals surface area contributed by atoms with Crippen LogP contribution in [0.1, 0.15) is 25.5 Å². The van der Waals surface area contributed by atoms with Gasteiger partial charge in [-0.25, -0.2) is 4.98 Å². The predicted molar refractivity (Wildman–Crippen MR) is 47.5 cm³/mol. The molecule has 1 aromatic rings. The molecule has 0 bridgehead atoms. The Morgan fingerprint density at radius 3 is 3.00 bits per heavy atom. The minimum Gasteiger partial charge on any atom is -0.336 e. The van der Waals surface area contributed by atoms with E-state index in [0.29, 0.717) is 5.92 Å². The van der Waals surface area contributed by atoms with Crippen LogP contribution in [0.4, 0.5) is 0 Å². The third-order valence-electron chi connectivity index (χ3n) is 2.94. The van der Waals surface area contributed by atoms with Gasteiger partial charge in [0.1, 0.15) is 0 Å². The first-order valence-electron chi connectivity index (χ1n) is 4.44. The van der Waals surface area contributed by atoms with Crippen LogP contribution in [0.15, 0.2) is 12.5 Å². The first kappa shape index (κ1) is 7.80. The Labute approximate surface area is 72.6 Å². The average molecular weight is 165 g/mol. The molecule has 0 aliphatic heterocycles. The first-order chi connectivity index (χ1) is 5.68. The molecule has 1 aliphatic rings. The molecule has 0 radical (unpaired) electrons. The molecular weight excluding hydrogens is 150 g/mol. The number of hydrogen-bond acceptors (Lipinski definition) is 2. The van der Waals surface area contributed by atoms with E-state index >= 15 is 0 Å². The fraction of sp³-hybridized carbons (Fsp3) is 0.667. The van der Waals surface area contributed by atoms with Crippen LogP contribution in [-0.2, 0) is 12.6 Å². The highest BCUT2D eigenvalue weighted by Gasteiger charge is 2.52. The maximum atomic E-state index is 6.21. The van der Waals surface area contributed by atoms with Crippen LogP contribution in [0, 0.1) is 5.92 Å². The zero-order valence-corrected chi connectivity index (χ0v) is 7.62. The van der Waals surface area contributed by atoms with Gasteiger partial charge in [0.2, 0.25) is 0 Å². The monoisotopic (exact) mass is 165 g/mol. The Morgan fingerprint density at radius 2 is 2.58 bits per heavy atom. The third kappa shape index (κ3) is 0.894. The van der Waals surface area contributed by atoms with Crippen LogP contribution in [0.3, 0.4) is 0 Å². The largest absolute Gasteiger partial charge is 0.336 e. The molecule has 12 heavy (non-hydrogen) atoms. The van der Waals surface area contributed by atoms with Gasteiger partial charge in [-0.05, 0) is 12.3 Å². The van der Waals surface area contributed by atoms with Crippen molar-refractivity contribution in [1.29, 1.82) is 0 Å². The molecule has 2 N–H and O–H groups in total. The van der Waals surface area contributed by atoms with Gasteiger partial charge in [-0.2, -0.15) is 0 Å². The second-order valence-electron chi connectivity index (χ2n) is 3.74. The highest BCUT2D eigenvalue weighted by molar-refractivity contribution is 5.24. The van der Waals surface area contributed by atoms with Gasteiger partial charge in [0.05, 0.1) is 23.8 Å². The molecular formula is C9H15N3. The van der Waals surface area contributed by atoms with Gasteiger partial charge in [0.25, 0.3) is 0 Å². The van der Waals surface area contributed by atoms with Gasteiger partial charge in [-0.15, -0.1) is 0 Å². The highest BCUT2D eigenvalue weighted by atomic mass is 15.1. The maximum Gasteiger partial charge on any atom is 0.0946 e. The lowest BCUT2D eigenvalue weighted by Gasteiger charge is -2.10. The van der Waals surface area contributed by atoms with Crippen LogP contribution >= 0.6 is 0 Å². The van der Waals surface area contributed by atoms with Crippen molar-refractivity contribution in [2.75, 3.05) is 0 Å². The van der Waals surface area contributed by atoms with Gasteiger partial charge in [0, 0.05) is 7.05 Å². The molecule has 3 heteroatoms. The van der Waals surface area contributed by atoms with E-state index in [9.17, 15) is 0 Å². The molecule has 0 spiro atoms. The summed E-state index contributed by atoms with van der Waals surface area (Å²) >= 11 is 0. The molecule has 0 aromatic carbocycles. The molecule has 1 aromatic heterocycles. The summed E-state index contributed by atoms with van der Waals surface area (Å²) < 4.78 is 2.02. The molecule has 2 atom stereocenters. The smallest absolute Gasteiger partial charge is 0.0946 e. The van der Waals surface area contributed by atoms with Crippen molar-refractivity contribution in [3.8, 4) is 0 Å². The van der Waals surface area contributed by atoms with E-state index in [1.165, 1.54) is 12.1 Å². The predicted octanol–water partition coefficient (Wildman–Crippen LogP) is 1.00. The van der Waals surface area contributed by atoms with E-state index in [0.717, 1.165) is 6.42 Å². The lowest BCUT2D eigenvalue weighted by Crippen LogP contribution is -2.24. The van der Waals surface area contributed by atoms with Gasteiger partial charge in [-0.3, -0.25) is 0 Å². The van der Waals surface area contributed by atoms with Crippen molar-refractivity contribution in [3.63, 3.8) is 0 Å². The molecule has 1 fully saturated rings. The minimum absolute atomic E-state index is 0.0694. The lowest BCUT2D eigenvalue weighted by molar-refractivity contribution is 0.575. The van der Waals surface area contributed by atoms with Gasteiger partial charge in [-0.1, -0.05) is 13.3 Å². The lowest BCUT2D eigenvalue weighted by atomic mass is 10.1. The Hall–Kier alpha value is -0.830. The fourth-order valence-corrected chi connectivity index (χ4v) is 1.98. The zero-order valence-electron chi connectivity index (χ0n) is 7.62. The number of hydrogen-bond donors (Lipinski definition) is 1. The Morgan fingerprint density at radius 1 is 1.83 bits per heavy atom. The molecule has 1 heterocycles. The van der Waals surface area contributed by atoms with Crippen LogP contribution in [0.5, 0.6) is 0 Å². The van der Waals surface area contributed by atoms with Crippen LogP contribution < -0.4 is 5.73 Å². The van der Waals surface area contributed by atoms with Crippen LogP contribution in [0.25, 0.3) is 0 Å². The standard InChI is InChI=1S/C9H15N3/c1-3-7-4-9(7,10)8-5-11-6-12(8)2/h5-7H,3-4,10H2,1-2H3. The number of rotatable bonds is 2. The zero-order chi connectivity index (χ0) is 8.77. The molecule has 2 unspecified atom stereocenters. The second kappa shape index (κ2) is 2.33. The Balaban J connectivity index is 2.27. The van der Waals surface area contributed by atoms with Gasteiger partial charge < -0.3 is 10.3 Å². The van der Waals surface area contributed by atoms with Crippen molar-refractivity contribution >= 4 is 0 Å². The molecule has 0 amide bonds. The molecule has 1 saturated carbocycles. The first-order valence-corrected chi connectivity index (χ1v) is 4.44. The SMILES string of the molecule is CCC1CC1(N)c1cncn1C. The topological polar surface area (TPSA) is 43.8 Å². The molecule has 0 saturated heterocycles. The average Bonchev–Trinajstić information content (AvgIpc) is 2.50. The number of nitrogens with zero attached hydrogens (tertiary/aromatic N) is 2. The molecule has 1 aliphatic carbocycles. The summed E-state index contributed by atoms with van der Waals surface area (Å²) in [6.07, 6.45) is 5.98. The van der Waals surface area contributed by atoms with Crippen molar-refractivity contribution < 1.29 is 0 Å². The van der Waals surface area contributed by atoms with Crippen molar-refractivity contribution in [2.45, 2.75) is 25.3 Å². The van der Waals surface area contributed by atoms with E-state index < -0.39 is 0 Å². The Kier molecular flexibility index (Phi) is 1.51. The second-order valence-corrected chi connectivity index (χ2v) is 3.74. The summed E-state index contributed by atoms with van der Waals surface area (Å²) in [7, 11) is 2.00. The van der Waals surface area contributed by atoms with Crippen molar-refractivity contribution in [2.24, 2.45) is 18.7 Å². The fourth-order valence-electron chi connectivity index (χ4n) is 1.98. The molecule has 66 valence electrons. The normalized spacial score (nSPS) is 33.8. The Bertz CT molecular complexity index is 292. The minimum atomic E-state index is -0.0694. The summed E-state index contributed by atoms with van der Waals surface area (Å²) in [5.74, 6) is 0.660. The number of aryl methyl sites for hydroxylation is 1. The summed E-state index contributed by atoms with van der Waals surface area (Å²) in [4.78, 5) is 4.08. The van der Waals surface area contributed by atoms with E-state index in [-0.39, 0.29) is 5.54 Å². The van der Waals surface area contributed by atoms with E-state index in [1.807, 2.05) is 24.1 Å². The van der Waals surface area contributed by atoms with E-state index in [1.54, 1.807) is 0 Å². The maximum absolute atomic E-state index is 6.21. The van der Waals surface area contributed by atoms with Gasteiger partial charge in [0.15, 0.2) is 0 Å². The molecule has 3 nitrogen and oxygen atoms in total. The van der Waals surface area contributed by atoms with Gasteiger partial charge >= 0.3 is 0 Å². The summed E-state index contributed by atoms with van der Waals surface area (Å²) in [5.41, 5.74) is 7.31. The quantitative estimate of drug-likeness (QED) is 0.710.